The van der Waals surface area contributed by atoms with Crippen molar-refractivity contribution in [3.05, 3.63) is 78.3 Å². The van der Waals surface area contributed by atoms with Crippen LogP contribution in [0, 0.1) is 13.8 Å². The third-order valence-electron chi connectivity index (χ3n) is 8.38. The Morgan fingerprint density at radius 2 is 1.93 bits per heavy atom. The van der Waals surface area contributed by atoms with Gasteiger partial charge in [-0.15, -0.1) is 0 Å². The van der Waals surface area contributed by atoms with Gasteiger partial charge in [0.15, 0.2) is 0 Å². The van der Waals surface area contributed by atoms with Gasteiger partial charge in [0.05, 0.1) is 60.6 Å². The first-order chi connectivity index (χ1) is 22.3. The van der Waals surface area contributed by atoms with Crippen molar-refractivity contribution in [2.24, 2.45) is 0 Å². The maximum Gasteiger partial charge on any atom is 0.247 e. The molecule has 1 amide bonds. The first kappa shape index (κ1) is 31.2. The van der Waals surface area contributed by atoms with Crippen LogP contribution in [0.2, 0.25) is 0 Å². The molecule has 46 heavy (non-hydrogen) atoms. The van der Waals surface area contributed by atoms with E-state index in [0.29, 0.717) is 55.9 Å². The zero-order valence-corrected chi connectivity index (χ0v) is 26.5. The summed E-state index contributed by atoms with van der Waals surface area (Å²) in [6.07, 6.45) is 5.67. The minimum atomic E-state index is -0.309. The van der Waals surface area contributed by atoms with Crippen LogP contribution in [0.3, 0.4) is 0 Å². The number of anilines is 4. The molecule has 2 saturated heterocycles. The fraction of sp³-hybridized carbons (Fsp3) is 0.353. The Labute approximate surface area is 268 Å². The zero-order chi connectivity index (χ0) is 32.2. The molecule has 1 atom stereocenters. The van der Waals surface area contributed by atoms with Gasteiger partial charge in [0.2, 0.25) is 11.9 Å². The molecule has 0 unspecified atom stereocenters. The second kappa shape index (κ2) is 13.7. The summed E-state index contributed by atoms with van der Waals surface area (Å²) in [6.45, 7) is 12.6. The summed E-state index contributed by atoms with van der Waals surface area (Å²) >= 11 is 0. The highest BCUT2D eigenvalue weighted by Crippen LogP contribution is 2.39. The molecule has 2 fully saturated rings. The summed E-state index contributed by atoms with van der Waals surface area (Å²) in [6, 6.07) is 11.8. The summed E-state index contributed by atoms with van der Waals surface area (Å²) in [5.41, 5.74) is 7.80. The molecule has 240 valence electrons. The van der Waals surface area contributed by atoms with Gasteiger partial charge in [-0.3, -0.25) is 9.69 Å². The van der Waals surface area contributed by atoms with E-state index in [9.17, 15) is 9.90 Å². The van der Waals surface area contributed by atoms with Gasteiger partial charge in [0.1, 0.15) is 5.75 Å². The number of aryl methyl sites for hydroxylation is 2. The Hall–Kier alpha value is -4.78. The number of aliphatic hydroxyl groups excluding tert-OH is 1. The van der Waals surface area contributed by atoms with Crippen molar-refractivity contribution in [3.8, 4) is 22.7 Å². The van der Waals surface area contributed by atoms with Crippen LogP contribution in [0.15, 0.2) is 61.4 Å². The van der Waals surface area contributed by atoms with E-state index >= 15 is 0 Å². The van der Waals surface area contributed by atoms with Crippen LogP contribution >= 0.6 is 0 Å². The number of amides is 1. The molecule has 12 nitrogen and oxygen atoms in total. The van der Waals surface area contributed by atoms with Gasteiger partial charge in [-0.1, -0.05) is 18.7 Å². The highest BCUT2D eigenvalue weighted by Gasteiger charge is 2.22. The third kappa shape index (κ3) is 6.89. The molecular weight excluding hydrogens is 584 g/mol. The number of methoxy groups -OCH3 is 1. The highest BCUT2D eigenvalue weighted by atomic mass is 16.5. The monoisotopic (exact) mass is 624 g/mol. The van der Waals surface area contributed by atoms with Crippen LogP contribution in [0.5, 0.6) is 5.75 Å². The first-order valence-electron chi connectivity index (χ1n) is 15.5. The Bertz CT molecular complexity index is 1720. The molecule has 2 aliphatic heterocycles. The smallest absolute Gasteiger partial charge is 0.247 e. The summed E-state index contributed by atoms with van der Waals surface area (Å²) < 4.78 is 13.2. The molecule has 2 aliphatic rings. The number of aliphatic hydroxyl groups is 1. The van der Waals surface area contributed by atoms with Gasteiger partial charge >= 0.3 is 0 Å². The van der Waals surface area contributed by atoms with Crippen LogP contribution in [-0.4, -0.2) is 88.3 Å². The van der Waals surface area contributed by atoms with Crippen LogP contribution in [0.4, 0.5) is 23.0 Å². The highest BCUT2D eigenvalue weighted by molar-refractivity contribution is 6.02. The lowest BCUT2D eigenvalue weighted by Gasteiger charge is -2.31. The topological polar surface area (TPSA) is 130 Å². The Morgan fingerprint density at radius 3 is 2.63 bits per heavy atom. The van der Waals surface area contributed by atoms with Gasteiger partial charge in [-0.25, -0.2) is 14.6 Å². The number of rotatable bonds is 10. The number of likely N-dealkylation sites (tertiary alicyclic amines) is 1. The minimum absolute atomic E-state index is 0.241. The predicted octanol–water partition coefficient (Wildman–Crippen LogP) is 4.23. The molecule has 4 heterocycles. The van der Waals surface area contributed by atoms with E-state index in [4.69, 9.17) is 19.6 Å². The second-order valence-corrected chi connectivity index (χ2v) is 11.6. The fourth-order valence-electron chi connectivity index (χ4n) is 5.85. The number of ether oxygens (including phenoxy) is 2. The average molecular weight is 625 g/mol. The van der Waals surface area contributed by atoms with Gasteiger partial charge in [0.25, 0.3) is 0 Å². The van der Waals surface area contributed by atoms with Crippen molar-refractivity contribution in [1.29, 1.82) is 0 Å². The lowest BCUT2D eigenvalue weighted by molar-refractivity contribution is -0.111. The molecule has 0 radical (unpaired) electrons. The number of aromatic nitrogens is 4. The molecule has 0 spiro atoms. The normalized spacial score (nSPS) is 16.8. The quantitative estimate of drug-likeness (QED) is 0.221. The van der Waals surface area contributed by atoms with Crippen LogP contribution in [0.25, 0.3) is 16.9 Å². The molecule has 3 N–H and O–H groups in total. The molecule has 2 aromatic carbocycles. The van der Waals surface area contributed by atoms with E-state index in [1.54, 1.807) is 13.3 Å². The molecule has 6 rings (SSSR count). The number of carbonyl (C=O) groups is 1. The summed E-state index contributed by atoms with van der Waals surface area (Å²) in [4.78, 5) is 26.1. The lowest BCUT2D eigenvalue weighted by Crippen LogP contribution is -2.36. The van der Waals surface area contributed by atoms with E-state index in [2.05, 4.69) is 38.2 Å². The Morgan fingerprint density at radius 1 is 1.15 bits per heavy atom. The van der Waals surface area contributed by atoms with E-state index in [1.165, 1.54) is 6.08 Å². The fourth-order valence-corrected chi connectivity index (χ4v) is 5.85. The molecule has 12 heteroatoms. The van der Waals surface area contributed by atoms with E-state index < -0.39 is 0 Å². The summed E-state index contributed by atoms with van der Waals surface area (Å²) in [5, 5.41) is 20.9. The van der Waals surface area contributed by atoms with E-state index in [0.717, 1.165) is 59.0 Å². The van der Waals surface area contributed by atoms with Crippen LogP contribution in [-0.2, 0) is 16.1 Å². The maximum absolute atomic E-state index is 12.3. The SMILES string of the molecule is C=CC(=O)Nc1cc(Nc2ncc(C)c(-c3ccc(-n4cc(CN5CC[C@H](O)C5)c(C)n4)cc3)n2)c(OC)cc1N1CCOCC1. The van der Waals surface area contributed by atoms with Crippen molar-refractivity contribution in [3.63, 3.8) is 0 Å². The average Bonchev–Trinajstić information content (AvgIpc) is 3.66. The molecule has 0 aliphatic carbocycles. The van der Waals surface area contributed by atoms with Crippen LogP contribution in [0.1, 0.15) is 23.2 Å². The Balaban J connectivity index is 1.24. The van der Waals surface area contributed by atoms with Crippen molar-refractivity contribution in [2.75, 3.05) is 62.0 Å². The number of morpholine rings is 1. The molecule has 2 aromatic heterocycles. The van der Waals surface area contributed by atoms with Crippen molar-refractivity contribution < 1.29 is 19.4 Å². The third-order valence-corrected chi connectivity index (χ3v) is 8.38. The van der Waals surface area contributed by atoms with Crippen molar-refractivity contribution in [1.82, 2.24) is 24.6 Å². The predicted molar refractivity (Wildman–Crippen MR) is 178 cm³/mol. The maximum atomic E-state index is 12.3. The number of β-amino-alcohol motifs (C(OH)–C–C–N with tert-alkyl or cyclic N) is 1. The number of benzene rings is 2. The number of hydrogen-bond donors (Lipinski definition) is 3. The number of nitrogens with zero attached hydrogens (tertiary/aromatic N) is 6. The van der Waals surface area contributed by atoms with Gasteiger partial charge in [-0.05, 0) is 50.1 Å². The molecular formula is C34H40N8O4. The van der Waals surface area contributed by atoms with E-state index in [-0.39, 0.29) is 12.0 Å². The van der Waals surface area contributed by atoms with Crippen LogP contribution < -0.4 is 20.3 Å². The van der Waals surface area contributed by atoms with Gasteiger partial charge in [0, 0.05) is 62.3 Å². The number of carbonyl (C=O) groups excluding carboxylic acids is 1. The first-order valence-corrected chi connectivity index (χ1v) is 15.5. The van der Waals surface area contributed by atoms with Gasteiger partial charge in [-0.2, -0.15) is 5.10 Å². The number of hydrogen-bond acceptors (Lipinski definition) is 10. The number of nitrogens with one attached hydrogen (secondary N) is 2. The summed E-state index contributed by atoms with van der Waals surface area (Å²) in [5.74, 6) is 0.668. The Kier molecular flexibility index (Phi) is 9.29. The zero-order valence-electron chi connectivity index (χ0n) is 26.5. The molecule has 0 bridgehead atoms. The lowest BCUT2D eigenvalue weighted by atomic mass is 10.1. The van der Waals surface area contributed by atoms with Crippen molar-refractivity contribution >= 4 is 28.9 Å². The molecule has 0 saturated carbocycles. The largest absolute Gasteiger partial charge is 0.494 e. The second-order valence-electron chi connectivity index (χ2n) is 11.6. The standard InChI is InChI=1S/C34H40N8O4/c1-5-32(44)36-28-16-29(31(45-4)17-30(28)41-12-14-46-15-13-41)37-34-35-18-22(2)33(38-34)24-6-8-26(9-7-24)42-20-25(23(3)39-42)19-40-11-10-27(43)21-40/h5-9,16-18,20,27,43H,1,10-15,19,21H2,2-4H3,(H,36,44)(H,35,37,38)/t27-/m0/s1. The van der Waals surface area contributed by atoms with Gasteiger partial charge < -0.3 is 30.1 Å². The van der Waals surface area contributed by atoms with E-state index in [1.807, 2.05) is 54.9 Å². The summed E-state index contributed by atoms with van der Waals surface area (Å²) in [7, 11) is 1.61. The van der Waals surface area contributed by atoms with Crippen molar-refractivity contribution in [2.45, 2.75) is 32.9 Å². The minimum Gasteiger partial charge on any atom is -0.494 e. The molecule has 4 aromatic rings.